The number of benzene rings is 1. The molecule has 2 N–H and O–H groups in total. The van der Waals surface area contributed by atoms with Gasteiger partial charge in [-0.1, -0.05) is 13.8 Å². The molecule has 0 unspecified atom stereocenters. The second kappa shape index (κ2) is 8.14. The molecule has 6 nitrogen and oxygen atoms in total. The van der Waals surface area contributed by atoms with E-state index in [1.54, 1.807) is 18.2 Å². The van der Waals surface area contributed by atoms with Gasteiger partial charge in [-0.3, -0.25) is 9.59 Å². The van der Waals surface area contributed by atoms with Crippen molar-refractivity contribution in [2.45, 2.75) is 20.3 Å². The number of methoxy groups -OCH3 is 2. The highest BCUT2D eigenvalue weighted by Gasteiger charge is 2.15. The summed E-state index contributed by atoms with van der Waals surface area (Å²) < 4.78 is 10.2. The highest BCUT2D eigenvalue weighted by molar-refractivity contribution is 6.39. The fraction of sp³-hybridized carbons (Fsp3) is 0.467. The Morgan fingerprint density at radius 3 is 2.43 bits per heavy atom. The Morgan fingerprint density at radius 1 is 1.14 bits per heavy atom. The van der Waals surface area contributed by atoms with Gasteiger partial charge in [0.05, 0.1) is 19.9 Å². The third-order valence-electron chi connectivity index (χ3n) is 2.87. The zero-order valence-corrected chi connectivity index (χ0v) is 12.9. The second-order valence-electron chi connectivity index (χ2n) is 4.96. The molecule has 116 valence electrons. The zero-order chi connectivity index (χ0) is 15.8. The van der Waals surface area contributed by atoms with Crippen LogP contribution >= 0.6 is 0 Å². The molecule has 1 aromatic carbocycles. The van der Waals surface area contributed by atoms with Crippen LogP contribution in [-0.4, -0.2) is 32.6 Å². The summed E-state index contributed by atoms with van der Waals surface area (Å²) in [6.07, 6.45) is 0.824. The number of rotatable bonds is 6. The molecule has 0 saturated carbocycles. The molecule has 21 heavy (non-hydrogen) atoms. The fourth-order valence-electron chi connectivity index (χ4n) is 1.64. The van der Waals surface area contributed by atoms with Gasteiger partial charge in [-0.15, -0.1) is 0 Å². The van der Waals surface area contributed by atoms with Gasteiger partial charge in [-0.25, -0.2) is 0 Å². The lowest BCUT2D eigenvalue weighted by Gasteiger charge is -2.12. The Kier molecular flexibility index (Phi) is 6.52. The highest BCUT2D eigenvalue weighted by Crippen LogP contribution is 2.28. The maximum absolute atomic E-state index is 11.8. The van der Waals surface area contributed by atoms with Crippen molar-refractivity contribution in [3.63, 3.8) is 0 Å². The van der Waals surface area contributed by atoms with Gasteiger partial charge < -0.3 is 20.1 Å². The summed E-state index contributed by atoms with van der Waals surface area (Å²) in [7, 11) is 3.02. The minimum atomic E-state index is -0.720. The Bertz CT molecular complexity index is 500. The van der Waals surface area contributed by atoms with Crippen molar-refractivity contribution < 1.29 is 19.1 Å². The largest absolute Gasteiger partial charge is 0.497 e. The average molecular weight is 294 g/mol. The van der Waals surface area contributed by atoms with E-state index in [1.807, 2.05) is 0 Å². The lowest BCUT2D eigenvalue weighted by molar-refractivity contribution is -0.136. The molecule has 0 bridgehead atoms. The van der Waals surface area contributed by atoms with Gasteiger partial charge >= 0.3 is 11.8 Å². The van der Waals surface area contributed by atoms with Crippen LogP contribution < -0.4 is 20.1 Å². The Balaban J connectivity index is 2.63. The van der Waals surface area contributed by atoms with E-state index in [1.165, 1.54) is 14.2 Å². The molecule has 0 saturated heterocycles. The molecule has 0 aromatic heterocycles. The van der Waals surface area contributed by atoms with E-state index < -0.39 is 11.8 Å². The summed E-state index contributed by atoms with van der Waals surface area (Å²) in [4.78, 5) is 23.5. The molecule has 0 heterocycles. The van der Waals surface area contributed by atoms with Gasteiger partial charge in [-0.05, 0) is 24.5 Å². The number of hydrogen-bond donors (Lipinski definition) is 2. The Morgan fingerprint density at radius 2 is 1.86 bits per heavy atom. The first-order chi connectivity index (χ1) is 9.97. The Hall–Kier alpha value is -2.24. The summed E-state index contributed by atoms with van der Waals surface area (Å²) in [5.41, 5.74) is 0.419. The predicted octanol–water partition coefficient (Wildman–Crippen LogP) is 1.80. The maximum atomic E-state index is 11.8. The molecule has 0 aliphatic rings. The van der Waals surface area contributed by atoms with Crippen molar-refractivity contribution in [3.8, 4) is 11.5 Å². The van der Waals surface area contributed by atoms with Gasteiger partial charge in [0.25, 0.3) is 0 Å². The van der Waals surface area contributed by atoms with Crippen LogP contribution in [0.4, 0.5) is 5.69 Å². The molecule has 2 amide bonds. The minimum absolute atomic E-state index is 0.419. The third-order valence-corrected chi connectivity index (χ3v) is 2.87. The van der Waals surface area contributed by atoms with E-state index in [-0.39, 0.29) is 0 Å². The van der Waals surface area contributed by atoms with Crippen molar-refractivity contribution >= 4 is 17.5 Å². The highest BCUT2D eigenvalue weighted by atomic mass is 16.5. The number of anilines is 1. The summed E-state index contributed by atoms with van der Waals surface area (Å²) >= 11 is 0. The fourth-order valence-corrected chi connectivity index (χ4v) is 1.64. The van der Waals surface area contributed by atoms with Crippen LogP contribution in [0, 0.1) is 5.92 Å². The molecular weight excluding hydrogens is 272 g/mol. The normalized spacial score (nSPS) is 10.1. The van der Waals surface area contributed by atoms with E-state index in [2.05, 4.69) is 24.5 Å². The first kappa shape index (κ1) is 16.8. The number of carbonyl (C=O) groups excluding carboxylic acids is 2. The standard InChI is InChI=1S/C15H22N2O4/c1-10(2)7-8-16-14(18)15(19)17-12-6-5-11(20-3)9-13(12)21-4/h5-6,9-10H,7-8H2,1-4H3,(H,16,18)(H,17,19). The second-order valence-corrected chi connectivity index (χ2v) is 4.96. The van der Waals surface area contributed by atoms with Crippen LogP contribution in [0.3, 0.4) is 0 Å². The van der Waals surface area contributed by atoms with Crippen LogP contribution in [0.1, 0.15) is 20.3 Å². The molecule has 1 aromatic rings. The number of ether oxygens (including phenoxy) is 2. The first-order valence-corrected chi connectivity index (χ1v) is 6.79. The predicted molar refractivity (Wildman–Crippen MR) is 80.6 cm³/mol. The SMILES string of the molecule is COc1ccc(NC(=O)C(=O)NCCC(C)C)c(OC)c1. The van der Waals surface area contributed by atoms with Crippen molar-refractivity contribution in [2.24, 2.45) is 5.92 Å². The van der Waals surface area contributed by atoms with Gasteiger partial charge in [-0.2, -0.15) is 0 Å². The van der Waals surface area contributed by atoms with Crippen molar-refractivity contribution in [1.29, 1.82) is 0 Å². The monoisotopic (exact) mass is 294 g/mol. The van der Waals surface area contributed by atoms with Crippen LogP contribution in [0.15, 0.2) is 18.2 Å². The van der Waals surface area contributed by atoms with E-state index in [4.69, 9.17) is 9.47 Å². The van der Waals surface area contributed by atoms with E-state index in [0.717, 1.165) is 6.42 Å². The molecule has 0 radical (unpaired) electrons. The van der Waals surface area contributed by atoms with Crippen LogP contribution in [-0.2, 0) is 9.59 Å². The number of carbonyl (C=O) groups is 2. The van der Waals surface area contributed by atoms with Crippen molar-refractivity contribution in [2.75, 3.05) is 26.1 Å². The van der Waals surface area contributed by atoms with Gasteiger partial charge in [0, 0.05) is 12.6 Å². The van der Waals surface area contributed by atoms with Crippen LogP contribution in [0.25, 0.3) is 0 Å². The summed E-state index contributed by atoms with van der Waals surface area (Å²) in [6, 6.07) is 4.93. The van der Waals surface area contributed by atoms with Crippen LogP contribution in [0.2, 0.25) is 0 Å². The minimum Gasteiger partial charge on any atom is -0.497 e. The quantitative estimate of drug-likeness (QED) is 0.784. The van der Waals surface area contributed by atoms with E-state index in [9.17, 15) is 9.59 Å². The maximum Gasteiger partial charge on any atom is 0.313 e. The molecule has 0 fully saturated rings. The third kappa shape index (κ3) is 5.33. The number of hydrogen-bond acceptors (Lipinski definition) is 4. The van der Waals surface area contributed by atoms with Crippen molar-refractivity contribution in [1.82, 2.24) is 5.32 Å². The molecular formula is C15H22N2O4. The Labute approximate surface area is 124 Å². The zero-order valence-electron chi connectivity index (χ0n) is 12.9. The lowest BCUT2D eigenvalue weighted by Crippen LogP contribution is -2.36. The molecule has 0 aliphatic carbocycles. The molecule has 1 rings (SSSR count). The van der Waals surface area contributed by atoms with Gasteiger partial charge in [0.15, 0.2) is 0 Å². The van der Waals surface area contributed by atoms with Gasteiger partial charge in [0.2, 0.25) is 0 Å². The lowest BCUT2D eigenvalue weighted by atomic mass is 10.1. The van der Waals surface area contributed by atoms with Crippen LogP contribution in [0.5, 0.6) is 11.5 Å². The molecule has 6 heteroatoms. The first-order valence-electron chi connectivity index (χ1n) is 6.79. The van der Waals surface area contributed by atoms with E-state index >= 15 is 0 Å². The smallest absolute Gasteiger partial charge is 0.313 e. The van der Waals surface area contributed by atoms with E-state index in [0.29, 0.717) is 29.6 Å². The molecule has 0 spiro atoms. The number of amides is 2. The average Bonchev–Trinajstić information content (AvgIpc) is 2.46. The summed E-state index contributed by atoms with van der Waals surface area (Å²) in [5, 5.41) is 5.10. The summed E-state index contributed by atoms with van der Waals surface area (Å²) in [5.74, 6) is 0.120. The topological polar surface area (TPSA) is 76.7 Å². The molecule has 0 aliphatic heterocycles. The van der Waals surface area contributed by atoms with Crippen molar-refractivity contribution in [3.05, 3.63) is 18.2 Å². The number of nitrogens with one attached hydrogen (secondary N) is 2. The molecule has 0 atom stereocenters. The van der Waals surface area contributed by atoms with Gasteiger partial charge in [0.1, 0.15) is 11.5 Å². The summed E-state index contributed by atoms with van der Waals surface area (Å²) in [6.45, 7) is 4.58.